The maximum atomic E-state index is 6.24. The Bertz CT molecular complexity index is 823. The topological polar surface area (TPSA) is 76.9 Å². The number of anilines is 3. The molecule has 2 aliphatic rings. The summed E-state index contributed by atoms with van der Waals surface area (Å²) in [6, 6.07) is 0.594. The molecular formula is C19H27ClN6O. The van der Waals surface area contributed by atoms with Crippen LogP contribution in [-0.2, 0) is 0 Å². The molecule has 0 radical (unpaired) electrons. The Kier molecular flexibility index (Phi) is 5.12. The smallest absolute Gasteiger partial charge is 0.257 e. The van der Waals surface area contributed by atoms with Crippen LogP contribution < -0.4 is 15.4 Å². The molecule has 1 aliphatic carbocycles. The van der Waals surface area contributed by atoms with E-state index < -0.39 is 0 Å². The summed E-state index contributed by atoms with van der Waals surface area (Å²) in [6.45, 7) is 7.06. The molecule has 8 heteroatoms. The van der Waals surface area contributed by atoms with Gasteiger partial charge in [0.2, 0.25) is 5.95 Å². The van der Waals surface area contributed by atoms with Crippen LogP contribution in [0.1, 0.15) is 57.7 Å². The molecule has 3 unspecified atom stereocenters. The molecule has 3 heterocycles. The Morgan fingerprint density at radius 2 is 2.11 bits per heavy atom. The molecule has 146 valence electrons. The molecule has 0 amide bonds. The molecule has 1 fully saturated rings. The highest BCUT2D eigenvalue weighted by atomic mass is 35.5. The SMILES string of the molecule is Cc1c2c(nn1C1CCCC(C)C1)OCCC(C)Nc1nc(ncc1Cl)N2. The van der Waals surface area contributed by atoms with Crippen molar-refractivity contribution in [3.8, 4) is 5.88 Å². The monoisotopic (exact) mass is 390 g/mol. The maximum Gasteiger partial charge on any atom is 0.257 e. The van der Waals surface area contributed by atoms with E-state index in [1.54, 1.807) is 6.20 Å². The van der Waals surface area contributed by atoms with Crippen LogP contribution in [0.3, 0.4) is 0 Å². The highest BCUT2D eigenvalue weighted by molar-refractivity contribution is 6.32. The summed E-state index contributed by atoms with van der Waals surface area (Å²) in [5.74, 6) is 2.48. The Morgan fingerprint density at radius 1 is 1.26 bits per heavy atom. The predicted octanol–water partition coefficient (Wildman–Crippen LogP) is 4.71. The average molecular weight is 391 g/mol. The van der Waals surface area contributed by atoms with Crippen molar-refractivity contribution in [3.05, 3.63) is 16.9 Å². The van der Waals surface area contributed by atoms with Gasteiger partial charge < -0.3 is 15.4 Å². The molecule has 0 saturated heterocycles. The van der Waals surface area contributed by atoms with Crippen LogP contribution in [0, 0.1) is 12.8 Å². The van der Waals surface area contributed by atoms with E-state index in [9.17, 15) is 0 Å². The van der Waals surface area contributed by atoms with Crippen molar-refractivity contribution in [1.29, 1.82) is 0 Å². The molecule has 2 bridgehead atoms. The summed E-state index contributed by atoms with van der Waals surface area (Å²) in [5.41, 5.74) is 1.90. The molecule has 27 heavy (non-hydrogen) atoms. The molecule has 1 saturated carbocycles. The highest BCUT2D eigenvalue weighted by Gasteiger charge is 2.27. The fourth-order valence-electron chi connectivity index (χ4n) is 4.00. The van der Waals surface area contributed by atoms with E-state index in [1.807, 2.05) is 0 Å². The van der Waals surface area contributed by atoms with Crippen molar-refractivity contribution in [2.24, 2.45) is 5.92 Å². The summed E-state index contributed by atoms with van der Waals surface area (Å²) in [6.07, 6.45) is 7.31. The maximum absolute atomic E-state index is 6.24. The van der Waals surface area contributed by atoms with Gasteiger partial charge in [0.15, 0.2) is 5.82 Å². The normalized spacial score (nSPS) is 25.4. The lowest BCUT2D eigenvalue weighted by atomic mass is 9.87. The minimum absolute atomic E-state index is 0.175. The summed E-state index contributed by atoms with van der Waals surface area (Å²) in [7, 11) is 0. The number of aromatic nitrogens is 4. The first-order chi connectivity index (χ1) is 13.0. The Labute approximate surface area is 164 Å². The molecule has 1 aliphatic heterocycles. The second-order valence-corrected chi connectivity index (χ2v) is 8.24. The van der Waals surface area contributed by atoms with Crippen LogP contribution in [0.2, 0.25) is 5.02 Å². The first-order valence-electron chi connectivity index (χ1n) is 9.79. The number of halogens is 1. The zero-order valence-electron chi connectivity index (χ0n) is 16.1. The van der Waals surface area contributed by atoms with Crippen molar-refractivity contribution in [3.63, 3.8) is 0 Å². The van der Waals surface area contributed by atoms with E-state index in [1.165, 1.54) is 12.8 Å². The minimum atomic E-state index is 0.175. The van der Waals surface area contributed by atoms with Crippen LogP contribution in [0.25, 0.3) is 0 Å². The van der Waals surface area contributed by atoms with Gasteiger partial charge in [-0.25, -0.2) is 4.98 Å². The van der Waals surface area contributed by atoms with Gasteiger partial charge in [-0.15, -0.1) is 5.10 Å². The van der Waals surface area contributed by atoms with E-state index >= 15 is 0 Å². The summed E-state index contributed by atoms with van der Waals surface area (Å²) in [4.78, 5) is 8.87. The third kappa shape index (κ3) is 3.83. The number of hydrogen-bond donors (Lipinski definition) is 2. The largest absolute Gasteiger partial charge is 0.475 e. The summed E-state index contributed by atoms with van der Waals surface area (Å²) >= 11 is 6.24. The number of hydrogen-bond acceptors (Lipinski definition) is 6. The van der Waals surface area contributed by atoms with E-state index in [0.29, 0.717) is 35.3 Å². The zero-order valence-corrected chi connectivity index (χ0v) is 16.9. The lowest BCUT2D eigenvalue weighted by Gasteiger charge is -2.27. The van der Waals surface area contributed by atoms with Gasteiger partial charge in [-0.05, 0) is 32.6 Å². The lowest BCUT2D eigenvalue weighted by molar-refractivity contribution is 0.250. The second kappa shape index (κ2) is 7.54. The van der Waals surface area contributed by atoms with Gasteiger partial charge in [-0.1, -0.05) is 31.4 Å². The van der Waals surface area contributed by atoms with E-state index in [-0.39, 0.29) is 6.04 Å². The van der Waals surface area contributed by atoms with Gasteiger partial charge in [0, 0.05) is 12.5 Å². The fraction of sp³-hybridized carbons (Fsp3) is 0.632. The van der Waals surface area contributed by atoms with Crippen molar-refractivity contribution < 1.29 is 4.74 Å². The van der Waals surface area contributed by atoms with Gasteiger partial charge >= 0.3 is 0 Å². The molecule has 2 aromatic rings. The van der Waals surface area contributed by atoms with E-state index in [4.69, 9.17) is 21.4 Å². The summed E-state index contributed by atoms with van der Waals surface area (Å²) in [5, 5.41) is 12.0. The Morgan fingerprint density at radius 3 is 2.93 bits per heavy atom. The third-order valence-electron chi connectivity index (χ3n) is 5.53. The van der Waals surface area contributed by atoms with Gasteiger partial charge in [-0.3, -0.25) is 4.68 Å². The zero-order chi connectivity index (χ0) is 19.0. The molecule has 0 spiro atoms. The van der Waals surface area contributed by atoms with Gasteiger partial charge in [-0.2, -0.15) is 4.98 Å². The van der Waals surface area contributed by atoms with Crippen LogP contribution in [0.4, 0.5) is 17.5 Å². The quantitative estimate of drug-likeness (QED) is 0.734. The molecule has 0 aromatic carbocycles. The summed E-state index contributed by atoms with van der Waals surface area (Å²) < 4.78 is 8.19. The Balaban J connectivity index is 1.71. The lowest BCUT2D eigenvalue weighted by Crippen LogP contribution is -2.20. The average Bonchev–Trinajstić information content (AvgIpc) is 2.92. The first kappa shape index (κ1) is 18.3. The third-order valence-corrected chi connectivity index (χ3v) is 5.80. The van der Waals surface area contributed by atoms with Gasteiger partial charge in [0.25, 0.3) is 5.88 Å². The number of fused-ring (bicyclic) bond motifs is 3. The van der Waals surface area contributed by atoms with Crippen LogP contribution in [0.15, 0.2) is 6.20 Å². The molecule has 7 nitrogen and oxygen atoms in total. The number of nitrogens with one attached hydrogen (secondary N) is 2. The van der Waals surface area contributed by atoms with Crippen molar-refractivity contribution in [2.45, 2.75) is 65.0 Å². The number of rotatable bonds is 1. The van der Waals surface area contributed by atoms with Crippen molar-refractivity contribution in [1.82, 2.24) is 19.7 Å². The van der Waals surface area contributed by atoms with E-state index in [0.717, 1.165) is 36.6 Å². The molecule has 4 rings (SSSR count). The highest BCUT2D eigenvalue weighted by Crippen LogP contribution is 2.38. The van der Waals surface area contributed by atoms with Crippen molar-refractivity contribution in [2.75, 3.05) is 17.2 Å². The number of nitrogens with zero attached hydrogens (tertiary/aromatic N) is 4. The minimum Gasteiger partial charge on any atom is -0.475 e. The predicted molar refractivity (Wildman–Crippen MR) is 107 cm³/mol. The second-order valence-electron chi connectivity index (χ2n) is 7.83. The molecule has 3 atom stereocenters. The van der Waals surface area contributed by atoms with Crippen LogP contribution in [-0.4, -0.2) is 32.4 Å². The molecule has 2 N–H and O–H groups in total. The molecule has 2 aromatic heterocycles. The number of ether oxygens (including phenoxy) is 1. The van der Waals surface area contributed by atoms with Gasteiger partial charge in [0.05, 0.1) is 24.5 Å². The van der Waals surface area contributed by atoms with Crippen LogP contribution in [0.5, 0.6) is 5.88 Å². The Hall–Kier alpha value is -2.02. The first-order valence-corrected chi connectivity index (χ1v) is 10.2. The van der Waals surface area contributed by atoms with E-state index in [2.05, 4.69) is 46.1 Å². The van der Waals surface area contributed by atoms with Gasteiger partial charge in [0.1, 0.15) is 10.7 Å². The molecular weight excluding hydrogens is 364 g/mol. The fourth-order valence-corrected chi connectivity index (χ4v) is 4.14. The van der Waals surface area contributed by atoms with Crippen molar-refractivity contribution >= 4 is 29.1 Å². The van der Waals surface area contributed by atoms with Crippen LogP contribution >= 0.6 is 11.6 Å². The standard InChI is InChI=1S/C19H27ClN6O/c1-11-5-4-6-14(9-11)26-13(3)16-18(25-26)27-8-7-12(2)22-17-15(20)10-21-19(23-16)24-17/h10-12,14H,4-9H2,1-3H3,(H2,21,22,23,24).